The van der Waals surface area contributed by atoms with Crippen LogP contribution in [0.1, 0.15) is 18.9 Å². The predicted molar refractivity (Wildman–Crippen MR) is 76.4 cm³/mol. The third-order valence-electron chi connectivity index (χ3n) is 2.63. The quantitative estimate of drug-likeness (QED) is 0.597. The first-order valence-corrected chi connectivity index (χ1v) is 6.37. The summed E-state index contributed by atoms with van der Waals surface area (Å²) in [5, 5.41) is 6.53. The molecule has 0 saturated carbocycles. The largest absolute Gasteiger partial charge is 0.497 e. The summed E-state index contributed by atoms with van der Waals surface area (Å²) in [5.74, 6) is 1.76. The van der Waals surface area contributed by atoms with Gasteiger partial charge < -0.3 is 15.4 Å². The number of benzene rings is 1. The van der Waals surface area contributed by atoms with Crippen LogP contribution in [0.2, 0.25) is 0 Å². The van der Waals surface area contributed by atoms with Crippen LogP contribution in [0, 0.1) is 0 Å². The molecule has 2 N–H and O–H groups in total. The van der Waals surface area contributed by atoms with E-state index in [0.29, 0.717) is 0 Å². The molecule has 4 heteroatoms. The summed E-state index contributed by atoms with van der Waals surface area (Å²) >= 11 is 0. The average molecular weight is 249 g/mol. The number of hydrogen-bond acceptors (Lipinski definition) is 2. The van der Waals surface area contributed by atoms with Crippen molar-refractivity contribution in [3.05, 3.63) is 29.8 Å². The van der Waals surface area contributed by atoms with Gasteiger partial charge in [0, 0.05) is 20.1 Å². The molecule has 1 aromatic rings. The van der Waals surface area contributed by atoms with E-state index in [2.05, 4.69) is 34.7 Å². The lowest BCUT2D eigenvalue weighted by Crippen LogP contribution is -2.38. The summed E-state index contributed by atoms with van der Waals surface area (Å²) in [6, 6.07) is 8.14. The molecule has 0 aliphatic rings. The van der Waals surface area contributed by atoms with Gasteiger partial charge in [0.25, 0.3) is 0 Å². The van der Waals surface area contributed by atoms with E-state index in [9.17, 15) is 0 Å². The van der Waals surface area contributed by atoms with Gasteiger partial charge in [-0.3, -0.25) is 4.99 Å². The maximum absolute atomic E-state index is 5.13. The van der Waals surface area contributed by atoms with E-state index in [4.69, 9.17) is 4.74 Å². The number of guanidine groups is 1. The molecular formula is C14H23N3O. The fourth-order valence-electron chi connectivity index (χ4n) is 1.58. The zero-order valence-corrected chi connectivity index (χ0v) is 11.5. The topological polar surface area (TPSA) is 45.7 Å². The van der Waals surface area contributed by atoms with Crippen molar-refractivity contribution in [1.82, 2.24) is 10.6 Å². The van der Waals surface area contributed by atoms with Gasteiger partial charge >= 0.3 is 0 Å². The Morgan fingerprint density at radius 1 is 1.17 bits per heavy atom. The molecule has 0 atom stereocenters. The van der Waals surface area contributed by atoms with Gasteiger partial charge in [0.1, 0.15) is 5.75 Å². The minimum atomic E-state index is 0.866. The van der Waals surface area contributed by atoms with E-state index in [1.54, 1.807) is 14.2 Å². The number of nitrogens with zero attached hydrogens (tertiary/aromatic N) is 1. The monoisotopic (exact) mass is 249 g/mol. The molecule has 0 unspecified atom stereocenters. The molecule has 100 valence electrons. The van der Waals surface area contributed by atoms with Crippen molar-refractivity contribution in [3.63, 3.8) is 0 Å². The Hall–Kier alpha value is -1.71. The molecule has 1 aromatic carbocycles. The molecule has 0 fully saturated rings. The Morgan fingerprint density at radius 2 is 1.83 bits per heavy atom. The highest BCUT2D eigenvalue weighted by molar-refractivity contribution is 5.79. The highest BCUT2D eigenvalue weighted by Gasteiger charge is 1.97. The number of hydrogen-bond donors (Lipinski definition) is 2. The first kappa shape index (κ1) is 14.4. The molecule has 18 heavy (non-hydrogen) atoms. The van der Waals surface area contributed by atoms with Crippen LogP contribution in [-0.2, 0) is 6.42 Å². The van der Waals surface area contributed by atoms with Crippen LogP contribution in [0.25, 0.3) is 0 Å². The van der Waals surface area contributed by atoms with E-state index in [-0.39, 0.29) is 0 Å². The summed E-state index contributed by atoms with van der Waals surface area (Å²) in [7, 11) is 3.47. The molecule has 0 spiro atoms. The molecule has 0 aromatic heterocycles. The second kappa shape index (κ2) is 8.39. The smallest absolute Gasteiger partial charge is 0.190 e. The number of methoxy groups -OCH3 is 1. The van der Waals surface area contributed by atoms with E-state index < -0.39 is 0 Å². The standard InChI is InChI=1S/C14H23N3O/c1-4-10-16-14(15-2)17-11-9-12-5-7-13(18-3)8-6-12/h5-8H,4,9-11H2,1-3H3,(H2,15,16,17). The van der Waals surface area contributed by atoms with Crippen LogP contribution >= 0.6 is 0 Å². The van der Waals surface area contributed by atoms with E-state index in [1.807, 2.05) is 12.1 Å². The maximum atomic E-state index is 5.13. The van der Waals surface area contributed by atoms with E-state index in [0.717, 1.165) is 37.6 Å². The molecule has 1 rings (SSSR count). The van der Waals surface area contributed by atoms with Gasteiger partial charge in [-0.15, -0.1) is 0 Å². The van der Waals surface area contributed by atoms with Crippen LogP contribution < -0.4 is 15.4 Å². The van der Waals surface area contributed by atoms with Crippen molar-refractivity contribution in [2.75, 3.05) is 27.2 Å². The second-order valence-corrected chi connectivity index (χ2v) is 4.02. The zero-order valence-electron chi connectivity index (χ0n) is 11.5. The van der Waals surface area contributed by atoms with Crippen LogP contribution in [0.15, 0.2) is 29.3 Å². The number of aliphatic imine (C=N–C) groups is 1. The first-order chi connectivity index (χ1) is 8.80. The Labute approximate surface area is 109 Å². The molecule has 0 amide bonds. The van der Waals surface area contributed by atoms with Crippen molar-refractivity contribution in [3.8, 4) is 5.75 Å². The van der Waals surface area contributed by atoms with Gasteiger partial charge in [-0.25, -0.2) is 0 Å². The zero-order chi connectivity index (χ0) is 13.2. The van der Waals surface area contributed by atoms with Gasteiger partial charge in [-0.05, 0) is 30.5 Å². The molecule has 0 bridgehead atoms. The Morgan fingerprint density at radius 3 is 2.39 bits per heavy atom. The molecule has 0 saturated heterocycles. The summed E-state index contributed by atoms with van der Waals surface area (Å²) in [4.78, 5) is 4.16. The van der Waals surface area contributed by atoms with E-state index in [1.165, 1.54) is 5.56 Å². The summed E-state index contributed by atoms with van der Waals surface area (Å²) < 4.78 is 5.13. The summed E-state index contributed by atoms with van der Waals surface area (Å²) in [6.45, 7) is 3.95. The second-order valence-electron chi connectivity index (χ2n) is 4.02. The van der Waals surface area contributed by atoms with E-state index >= 15 is 0 Å². The van der Waals surface area contributed by atoms with Crippen molar-refractivity contribution in [1.29, 1.82) is 0 Å². The number of rotatable bonds is 6. The van der Waals surface area contributed by atoms with Gasteiger partial charge in [-0.2, -0.15) is 0 Å². The number of nitrogens with one attached hydrogen (secondary N) is 2. The molecule has 0 aliphatic carbocycles. The highest BCUT2D eigenvalue weighted by Crippen LogP contribution is 2.11. The molecule has 0 heterocycles. The molecular weight excluding hydrogens is 226 g/mol. The number of ether oxygens (including phenoxy) is 1. The van der Waals surface area contributed by atoms with Crippen LogP contribution in [0.3, 0.4) is 0 Å². The van der Waals surface area contributed by atoms with Crippen molar-refractivity contribution < 1.29 is 4.74 Å². The average Bonchev–Trinajstić information content (AvgIpc) is 2.43. The van der Waals surface area contributed by atoms with Gasteiger partial charge in [0.05, 0.1) is 7.11 Å². The Kier molecular flexibility index (Phi) is 6.69. The Balaban J connectivity index is 2.31. The minimum Gasteiger partial charge on any atom is -0.497 e. The van der Waals surface area contributed by atoms with Crippen LogP contribution in [-0.4, -0.2) is 33.2 Å². The maximum Gasteiger partial charge on any atom is 0.190 e. The molecule has 0 aliphatic heterocycles. The van der Waals surface area contributed by atoms with Crippen molar-refractivity contribution >= 4 is 5.96 Å². The van der Waals surface area contributed by atoms with Crippen LogP contribution in [0.5, 0.6) is 5.75 Å². The molecule has 0 radical (unpaired) electrons. The van der Waals surface area contributed by atoms with Crippen molar-refractivity contribution in [2.24, 2.45) is 4.99 Å². The highest BCUT2D eigenvalue weighted by atomic mass is 16.5. The van der Waals surface area contributed by atoms with Gasteiger partial charge in [-0.1, -0.05) is 19.1 Å². The SMILES string of the molecule is CCCNC(=NC)NCCc1ccc(OC)cc1. The van der Waals surface area contributed by atoms with Crippen molar-refractivity contribution in [2.45, 2.75) is 19.8 Å². The third-order valence-corrected chi connectivity index (χ3v) is 2.63. The minimum absolute atomic E-state index is 0.866. The van der Waals surface area contributed by atoms with Crippen LogP contribution in [0.4, 0.5) is 0 Å². The van der Waals surface area contributed by atoms with Gasteiger partial charge in [0.2, 0.25) is 0 Å². The lowest BCUT2D eigenvalue weighted by molar-refractivity contribution is 0.414. The predicted octanol–water partition coefficient (Wildman–Crippen LogP) is 1.81. The lowest BCUT2D eigenvalue weighted by atomic mass is 10.1. The molecule has 4 nitrogen and oxygen atoms in total. The summed E-state index contributed by atoms with van der Waals surface area (Å²) in [5.41, 5.74) is 1.29. The third kappa shape index (κ3) is 5.08. The fourth-order valence-corrected chi connectivity index (χ4v) is 1.58. The van der Waals surface area contributed by atoms with Gasteiger partial charge in [0.15, 0.2) is 5.96 Å². The Bertz CT molecular complexity index is 360. The normalized spacial score (nSPS) is 11.2. The summed E-state index contributed by atoms with van der Waals surface area (Å²) in [6.07, 6.45) is 2.07. The lowest BCUT2D eigenvalue weighted by Gasteiger charge is -2.11. The fraction of sp³-hybridized carbons (Fsp3) is 0.500. The first-order valence-electron chi connectivity index (χ1n) is 6.37.